The zero-order valence-corrected chi connectivity index (χ0v) is 20.0. The van der Waals surface area contributed by atoms with Crippen molar-refractivity contribution in [3.63, 3.8) is 0 Å². The number of carbonyl (C=O) groups is 2. The summed E-state index contributed by atoms with van der Waals surface area (Å²) in [5, 5.41) is 22.2. The molecular weight excluding hydrogens is 418 g/mol. The molecule has 33 heavy (non-hydrogen) atoms. The van der Waals surface area contributed by atoms with Gasteiger partial charge < -0.3 is 20.6 Å². The van der Waals surface area contributed by atoms with Gasteiger partial charge in [0.25, 0.3) is 0 Å². The van der Waals surface area contributed by atoms with Crippen LogP contribution in [-0.4, -0.2) is 58.4 Å². The predicted molar refractivity (Wildman–Crippen MR) is 130 cm³/mol. The van der Waals surface area contributed by atoms with Crippen molar-refractivity contribution in [3.8, 4) is 11.1 Å². The molecule has 1 atom stereocenters. The summed E-state index contributed by atoms with van der Waals surface area (Å²) in [4.78, 5) is 27.6. The highest BCUT2D eigenvalue weighted by molar-refractivity contribution is 5.97. The number of anilines is 1. The van der Waals surface area contributed by atoms with Crippen LogP contribution in [0.2, 0.25) is 0 Å². The van der Waals surface area contributed by atoms with Gasteiger partial charge in [-0.2, -0.15) is 5.10 Å². The monoisotopic (exact) mass is 455 g/mol. The Morgan fingerprint density at radius 3 is 2.45 bits per heavy atom. The maximum atomic E-state index is 13.3. The minimum Gasteiger partial charge on any atom is -0.396 e. The summed E-state index contributed by atoms with van der Waals surface area (Å²) in [7, 11) is 1.72. The van der Waals surface area contributed by atoms with E-state index < -0.39 is 6.04 Å². The number of nitrogens with one attached hydrogen (secondary N) is 3. The van der Waals surface area contributed by atoms with Gasteiger partial charge in [0.15, 0.2) is 0 Å². The Bertz CT molecular complexity index is 899. The molecule has 1 aromatic heterocycles. The van der Waals surface area contributed by atoms with Crippen LogP contribution in [0.1, 0.15) is 56.3 Å². The summed E-state index contributed by atoms with van der Waals surface area (Å²) in [6.45, 7) is 4.61. The summed E-state index contributed by atoms with van der Waals surface area (Å²) in [5.41, 5.74) is 4.76. The number of aryl methyl sites for hydroxylation is 2. The number of urea groups is 1. The third kappa shape index (κ3) is 6.57. The molecule has 2 aromatic rings. The molecule has 3 amide bonds. The average molecular weight is 456 g/mol. The number of unbranched alkanes of at least 4 members (excludes halogenated alkanes) is 1. The van der Waals surface area contributed by atoms with Gasteiger partial charge >= 0.3 is 6.03 Å². The minimum absolute atomic E-state index is 0.112. The fourth-order valence-electron chi connectivity index (χ4n) is 4.59. The highest BCUT2D eigenvalue weighted by atomic mass is 16.3. The molecule has 1 aromatic carbocycles. The van der Waals surface area contributed by atoms with E-state index in [1.54, 1.807) is 11.9 Å². The van der Waals surface area contributed by atoms with E-state index in [1.807, 2.05) is 38.1 Å². The number of nitrogens with zero attached hydrogens (tertiary/aromatic N) is 2. The largest absolute Gasteiger partial charge is 0.396 e. The summed E-state index contributed by atoms with van der Waals surface area (Å²) in [5.74, 6) is -0.0496. The first-order chi connectivity index (χ1) is 15.9. The summed E-state index contributed by atoms with van der Waals surface area (Å²) in [6, 6.07) is 6.91. The number of hydrogen-bond donors (Lipinski definition) is 4. The number of hydrogen-bond acceptors (Lipinski definition) is 4. The molecule has 0 spiro atoms. The third-order valence-corrected chi connectivity index (χ3v) is 6.50. The first kappa shape index (κ1) is 24.8. The second kappa shape index (κ2) is 11.8. The highest BCUT2D eigenvalue weighted by Crippen LogP contribution is 2.29. The van der Waals surface area contributed by atoms with Crippen molar-refractivity contribution < 1.29 is 14.7 Å². The van der Waals surface area contributed by atoms with Crippen molar-refractivity contribution in [3.05, 3.63) is 35.7 Å². The van der Waals surface area contributed by atoms with Crippen molar-refractivity contribution >= 4 is 17.6 Å². The lowest BCUT2D eigenvalue weighted by molar-refractivity contribution is -0.119. The van der Waals surface area contributed by atoms with Gasteiger partial charge in [0.2, 0.25) is 5.91 Å². The predicted octanol–water partition coefficient (Wildman–Crippen LogP) is 3.99. The maximum absolute atomic E-state index is 13.3. The molecular formula is C25H37N5O3. The smallest absolute Gasteiger partial charge is 0.317 e. The van der Waals surface area contributed by atoms with E-state index in [1.165, 1.54) is 6.42 Å². The van der Waals surface area contributed by atoms with Crippen LogP contribution in [-0.2, 0) is 4.79 Å². The molecule has 3 rings (SSSR count). The van der Waals surface area contributed by atoms with E-state index in [9.17, 15) is 9.59 Å². The minimum atomic E-state index is -0.573. The van der Waals surface area contributed by atoms with E-state index in [0.29, 0.717) is 18.7 Å². The highest BCUT2D eigenvalue weighted by Gasteiger charge is 2.31. The molecule has 1 heterocycles. The van der Waals surface area contributed by atoms with E-state index in [-0.39, 0.29) is 24.5 Å². The Balaban J connectivity index is 1.68. The van der Waals surface area contributed by atoms with Crippen molar-refractivity contribution in [1.82, 2.24) is 20.4 Å². The number of rotatable bonds is 9. The average Bonchev–Trinajstić information content (AvgIpc) is 3.16. The van der Waals surface area contributed by atoms with Gasteiger partial charge in [0.05, 0.1) is 5.69 Å². The van der Waals surface area contributed by atoms with E-state index >= 15 is 0 Å². The SMILES string of the molecule is Cc1n[nH]c(C)c1-c1ccc(NC(=O)[C@@H](NC(=O)N(C)CCCCO)C2CCCCC2)cc1. The summed E-state index contributed by atoms with van der Waals surface area (Å²) in [6.07, 6.45) is 6.58. The van der Waals surface area contributed by atoms with E-state index in [4.69, 9.17) is 5.11 Å². The van der Waals surface area contributed by atoms with E-state index in [2.05, 4.69) is 20.8 Å². The second-order valence-corrected chi connectivity index (χ2v) is 9.05. The normalized spacial score (nSPS) is 15.2. The lowest BCUT2D eigenvalue weighted by Gasteiger charge is -2.31. The molecule has 0 bridgehead atoms. The quantitative estimate of drug-likeness (QED) is 0.428. The first-order valence-corrected chi connectivity index (χ1v) is 12.0. The Hall–Kier alpha value is -2.87. The van der Waals surface area contributed by atoms with Crippen LogP contribution in [0.4, 0.5) is 10.5 Å². The number of benzene rings is 1. The van der Waals surface area contributed by atoms with Gasteiger partial charge in [0, 0.05) is 37.1 Å². The van der Waals surface area contributed by atoms with Gasteiger partial charge in [-0.15, -0.1) is 0 Å². The van der Waals surface area contributed by atoms with Crippen LogP contribution < -0.4 is 10.6 Å². The fourth-order valence-corrected chi connectivity index (χ4v) is 4.59. The van der Waals surface area contributed by atoms with Crippen molar-refractivity contribution in [2.45, 2.75) is 64.8 Å². The summed E-state index contributed by atoms with van der Waals surface area (Å²) < 4.78 is 0. The number of amides is 3. The van der Waals surface area contributed by atoms with Gasteiger partial charge in [-0.1, -0.05) is 31.4 Å². The molecule has 0 aliphatic heterocycles. The van der Waals surface area contributed by atoms with Crippen LogP contribution >= 0.6 is 0 Å². The van der Waals surface area contributed by atoms with Crippen LogP contribution in [0.3, 0.4) is 0 Å². The molecule has 1 aliphatic carbocycles. The van der Waals surface area contributed by atoms with Crippen molar-refractivity contribution in [2.24, 2.45) is 5.92 Å². The Morgan fingerprint density at radius 1 is 1.15 bits per heavy atom. The molecule has 8 nitrogen and oxygen atoms in total. The molecule has 8 heteroatoms. The summed E-state index contributed by atoms with van der Waals surface area (Å²) >= 11 is 0. The number of carbonyl (C=O) groups excluding carboxylic acids is 2. The Morgan fingerprint density at radius 2 is 1.85 bits per heavy atom. The lowest BCUT2D eigenvalue weighted by atomic mass is 9.83. The number of aliphatic hydroxyl groups excluding tert-OH is 1. The van der Waals surface area contributed by atoms with Gasteiger partial charge in [-0.3, -0.25) is 9.89 Å². The molecule has 0 radical (unpaired) electrons. The maximum Gasteiger partial charge on any atom is 0.317 e. The van der Waals surface area contributed by atoms with E-state index in [0.717, 1.165) is 54.6 Å². The zero-order chi connectivity index (χ0) is 23.8. The van der Waals surface area contributed by atoms with Crippen LogP contribution in [0.15, 0.2) is 24.3 Å². The standard InChI is InChI=1S/C25H37N5O3/c1-17-22(18(2)29-28-17)19-11-13-21(14-12-19)26-24(32)23(20-9-5-4-6-10-20)27-25(33)30(3)15-7-8-16-31/h11-14,20,23,31H,4-10,15-16H2,1-3H3,(H,26,32)(H,27,33)(H,28,29)/t23-/m0/s1. The van der Waals surface area contributed by atoms with Crippen molar-refractivity contribution in [2.75, 3.05) is 25.5 Å². The molecule has 0 saturated heterocycles. The van der Waals surface area contributed by atoms with Crippen LogP contribution in [0, 0.1) is 19.8 Å². The van der Waals surface area contributed by atoms with Crippen molar-refractivity contribution in [1.29, 1.82) is 0 Å². The molecule has 180 valence electrons. The lowest BCUT2D eigenvalue weighted by Crippen LogP contribution is -2.52. The van der Waals surface area contributed by atoms with Gasteiger partial charge in [0.1, 0.15) is 6.04 Å². The fraction of sp³-hybridized carbons (Fsp3) is 0.560. The van der Waals surface area contributed by atoms with Crippen LogP contribution in [0.25, 0.3) is 11.1 Å². The van der Waals surface area contributed by atoms with Gasteiger partial charge in [-0.25, -0.2) is 4.79 Å². The number of aromatic nitrogens is 2. The molecule has 0 unspecified atom stereocenters. The van der Waals surface area contributed by atoms with Gasteiger partial charge in [-0.05, 0) is 63.1 Å². The number of aliphatic hydroxyl groups is 1. The molecule has 1 saturated carbocycles. The number of H-pyrrole nitrogens is 1. The number of aromatic amines is 1. The zero-order valence-electron chi connectivity index (χ0n) is 20.0. The topological polar surface area (TPSA) is 110 Å². The Kier molecular flexibility index (Phi) is 8.88. The second-order valence-electron chi connectivity index (χ2n) is 9.05. The third-order valence-electron chi connectivity index (χ3n) is 6.50. The van der Waals surface area contributed by atoms with Crippen LogP contribution in [0.5, 0.6) is 0 Å². The molecule has 4 N–H and O–H groups in total. The molecule has 1 aliphatic rings. The first-order valence-electron chi connectivity index (χ1n) is 12.0. The molecule has 1 fully saturated rings. The Labute approximate surface area is 196 Å².